The fourth-order valence-corrected chi connectivity index (χ4v) is 5.78. The summed E-state index contributed by atoms with van der Waals surface area (Å²) >= 11 is 0. The van der Waals surface area contributed by atoms with Crippen molar-refractivity contribution in [1.82, 2.24) is 10.6 Å². The van der Waals surface area contributed by atoms with E-state index in [1.54, 1.807) is 12.1 Å². The molecule has 2 amide bonds. The monoisotopic (exact) mass is 330 g/mol. The number of furan rings is 1. The highest BCUT2D eigenvalue weighted by Gasteiger charge is 2.51. The lowest BCUT2D eigenvalue weighted by Gasteiger charge is -2.56. The Hall–Kier alpha value is -1.78. The molecule has 5 heteroatoms. The van der Waals surface area contributed by atoms with Crippen LogP contribution in [0.2, 0.25) is 0 Å². The van der Waals surface area contributed by atoms with Gasteiger partial charge in [-0.3, -0.25) is 9.59 Å². The van der Waals surface area contributed by atoms with Crippen molar-refractivity contribution in [2.24, 2.45) is 23.2 Å². The van der Waals surface area contributed by atoms with Gasteiger partial charge in [0.2, 0.25) is 5.91 Å². The van der Waals surface area contributed by atoms with Crippen molar-refractivity contribution in [2.75, 3.05) is 13.1 Å². The van der Waals surface area contributed by atoms with E-state index in [-0.39, 0.29) is 17.2 Å². The van der Waals surface area contributed by atoms with Gasteiger partial charge in [-0.2, -0.15) is 0 Å². The number of carbonyl (C=O) groups excluding carboxylic acids is 2. The first kappa shape index (κ1) is 15.7. The van der Waals surface area contributed by atoms with Crippen LogP contribution in [-0.4, -0.2) is 24.9 Å². The van der Waals surface area contributed by atoms with Gasteiger partial charge in [0.05, 0.1) is 6.26 Å². The molecular weight excluding hydrogens is 304 g/mol. The first-order chi connectivity index (χ1) is 11.6. The fourth-order valence-electron chi connectivity index (χ4n) is 5.78. The Morgan fingerprint density at radius 1 is 1.04 bits per heavy atom. The van der Waals surface area contributed by atoms with Gasteiger partial charge in [0.15, 0.2) is 5.76 Å². The lowest BCUT2D eigenvalue weighted by atomic mass is 9.49. The zero-order valence-corrected chi connectivity index (χ0v) is 14.1. The van der Waals surface area contributed by atoms with Gasteiger partial charge in [-0.25, -0.2) is 0 Å². The van der Waals surface area contributed by atoms with Crippen LogP contribution in [0.1, 0.15) is 55.5 Å². The Labute approximate surface area is 142 Å². The number of hydrogen-bond donors (Lipinski definition) is 2. The maximum atomic E-state index is 12.4. The molecular formula is C19H26N2O3. The molecule has 5 rings (SSSR count). The van der Waals surface area contributed by atoms with E-state index in [4.69, 9.17) is 4.42 Å². The summed E-state index contributed by atoms with van der Waals surface area (Å²) < 4.78 is 5.03. The number of amides is 2. The van der Waals surface area contributed by atoms with Crippen LogP contribution in [0, 0.1) is 23.2 Å². The molecule has 0 spiro atoms. The van der Waals surface area contributed by atoms with Gasteiger partial charge in [-0.15, -0.1) is 0 Å². The van der Waals surface area contributed by atoms with Crippen molar-refractivity contribution >= 4 is 11.8 Å². The molecule has 130 valence electrons. The molecule has 0 atom stereocenters. The topological polar surface area (TPSA) is 71.3 Å². The molecule has 4 saturated carbocycles. The van der Waals surface area contributed by atoms with Crippen molar-refractivity contribution in [3.05, 3.63) is 24.2 Å². The van der Waals surface area contributed by atoms with Gasteiger partial charge < -0.3 is 15.1 Å². The van der Waals surface area contributed by atoms with Gasteiger partial charge in [0.1, 0.15) is 0 Å². The van der Waals surface area contributed by atoms with Crippen LogP contribution in [0.25, 0.3) is 0 Å². The molecule has 1 aromatic heterocycles. The molecule has 4 aliphatic carbocycles. The summed E-state index contributed by atoms with van der Waals surface area (Å²) in [7, 11) is 0. The van der Waals surface area contributed by atoms with Gasteiger partial charge >= 0.3 is 0 Å². The van der Waals surface area contributed by atoms with Crippen LogP contribution in [0.15, 0.2) is 22.8 Å². The molecule has 4 fully saturated rings. The largest absolute Gasteiger partial charge is 0.459 e. The molecule has 0 radical (unpaired) electrons. The Morgan fingerprint density at radius 2 is 1.67 bits per heavy atom. The third-order valence-electron chi connectivity index (χ3n) is 6.18. The van der Waals surface area contributed by atoms with E-state index < -0.39 is 0 Å². The second-order valence-electron chi connectivity index (χ2n) is 8.18. The number of rotatable bonds is 6. The van der Waals surface area contributed by atoms with Gasteiger partial charge in [-0.05, 0) is 73.8 Å². The number of carbonyl (C=O) groups is 2. The number of hydrogen-bond acceptors (Lipinski definition) is 3. The molecule has 2 N–H and O–H groups in total. The molecule has 1 heterocycles. The Balaban J connectivity index is 1.21. The molecule has 24 heavy (non-hydrogen) atoms. The van der Waals surface area contributed by atoms with Gasteiger partial charge in [0, 0.05) is 19.5 Å². The van der Waals surface area contributed by atoms with Crippen molar-refractivity contribution in [1.29, 1.82) is 0 Å². The van der Waals surface area contributed by atoms with Crippen LogP contribution in [0.5, 0.6) is 0 Å². The molecule has 0 unspecified atom stereocenters. The van der Waals surface area contributed by atoms with Crippen LogP contribution < -0.4 is 10.6 Å². The van der Waals surface area contributed by atoms with E-state index in [2.05, 4.69) is 10.6 Å². The van der Waals surface area contributed by atoms with E-state index in [9.17, 15) is 9.59 Å². The number of nitrogens with one attached hydrogen (secondary N) is 2. The van der Waals surface area contributed by atoms with Crippen molar-refractivity contribution < 1.29 is 14.0 Å². The lowest BCUT2D eigenvalue weighted by molar-refractivity contribution is -0.129. The fraction of sp³-hybridized carbons (Fsp3) is 0.684. The molecule has 5 nitrogen and oxygen atoms in total. The van der Waals surface area contributed by atoms with Crippen molar-refractivity contribution in [3.63, 3.8) is 0 Å². The highest BCUT2D eigenvalue weighted by atomic mass is 16.3. The predicted molar refractivity (Wildman–Crippen MR) is 89.3 cm³/mol. The first-order valence-electron chi connectivity index (χ1n) is 9.20. The first-order valence-corrected chi connectivity index (χ1v) is 9.20. The zero-order chi connectivity index (χ0) is 16.6. The van der Waals surface area contributed by atoms with E-state index in [1.807, 2.05) is 0 Å². The zero-order valence-electron chi connectivity index (χ0n) is 14.1. The summed E-state index contributed by atoms with van der Waals surface area (Å²) in [5.74, 6) is 2.82. The Morgan fingerprint density at radius 3 is 2.25 bits per heavy atom. The van der Waals surface area contributed by atoms with Crippen LogP contribution in [0.3, 0.4) is 0 Å². The standard InChI is InChI=1S/C19H26N2O3/c22-17(20-3-4-21-18(23)16-2-1-5-24-16)12-19-9-13-6-14(10-19)8-15(7-13)11-19/h1-2,5,13-15H,3-4,6-12H2,(H,20,22)(H,21,23). The maximum Gasteiger partial charge on any atom is 0.287 e. The second kappa shape index (κ2) is 6.26. The highest BCUT2D eigenvalue weighted by Crippen LogP contribution is 2.61. The van der Waals surface area contributed by atoms with E-state index >= 15 is 0 Å². The van der Waals surface area contributed by atoms with Gasteiger partial charge in [-0.1, -0.05) is 0 Å². The quantitative estimate of drug-likeness (QED) is 0.788. The minimum Gasteiger partial charge on any atom is -0.459 e. The summed E-state index contributed by atoms with van der Waals surface area (Å²) in [5.41, 5.74) is 0.274. The maximum absolute atomic E-state index is 12.4. The molecule has 4 bridgehead atoms. The molecule has 0 saturated heterocycles. The van der Waals surface area contributed by atoms with Crippen LogP contribution in [-0.2, 0) is 4.79 Å². The Kier molecular flexibility index (Phi) is 4.10. The van der Waals surface area contributed by atoms with Crippen molar-refractivity contribution in [2.45, 2.75) is 44.9 Å². The van der Waals surface area contributed by atoms with Gasteiger partial charge in [0.25, 0.3) is 5.91 Å². The molecule has 0 aromatic carbocycles. The predicted octanol–water partition coefficient (Wildman–Crippen LogP) is 2.73. The normalized spacial score (nSPS) is 33.4. The summed E-state index contributed by atoms with van der Waals surface area (Å²) in [6, 6.07) is 3.31. The highest BCUT2D eigenvalue weighted by molar-refractivity contribution is 5.91. The average molecular weight is 330 g/mol. The molecule has 4 aliphatic rings. The minimum absolute atomic E-state index is 0.143. The van der Waals surface area contributed by atoms with E-state index in [1.165, 1.54) is 44.8 Å². The van der Waals surface area contributed by atoms with Crippen LogP contribution >= 0.6 is 0 Å². The summed E-state index contributed by atoms with van der Waals surface area (Å²) in [5, 5.41) is 5.73. The molecule has 1 aromatic rings. The average Bonchev–Trinajstić information content (AvgIpc) is 3.04. The summed E-state index contributed by atoms with van der Waals surface area (Å²) in [6.07, 6.45) is 10.1. The molecule has 0 aliphatic heterocycles. The third kappa shape index (κ3) is 3.21. The smallest absolute Gasteiger partial charge is 0.287 e. The summed E-state index contributed by atoms with van der Waals surface area (Å²) in [4.78, 5) is 24.1. The second-order valence-corrected chi connectivity index (χ2v) is 8.18. The Bertz CT molecular complexity index is 573. The SMILES string of the molecule is O=C(CC12CC3CC(CC(C3)C1)C2)NCCNC(=O)c1ccco1. The van der Waals surface area contributed by atoms with E-state index in [0.29, 0.717) is 25.3 Å². The third-order valence-corrected chi connectivity index (χ3v) is 6.18. The van der Waals surface area contributed by atoms with Crippen LogP contribution in [0.4, 0.5) is 0 Å². The summed E-state index contributed by atoms with van der Waals surface area (Å²) in [6.45, 7) is 0.893. The van der Waals surface area contributed by atoms with Crippen molar-refractivity contribution in [3.8, 4) is 0 Å². The minimum atomic E-state index is -0.240. The lowest BCUT2D eigenvalue weighted by Crippen LogP contribution is -2.48. The van der Waals surface area contributed by atoms with E-state index in [0.717, 1.165) is 17.8 Å².